The first kappa shape index (κ1) is 14.4. The first-order valence-corrected chi connectivity index (χ1v) is 6.37. The van der Waals surface area contributed by atoms with Crippen molar-refractivity contribution in [1.29, 1.82) is 5.26 Å². The molecule has 98 valence electrons. The quantitative estimate of drug-likeness (QED) is 0.787. The third kappa shape index (κ3) is 4.63. The molecule has 1 rings (SSSR count). The molecule has 0 spiro atoms. The standard InChI is InChI=1S/C13H25N3O/c1-12(2)11-16(8-9-17-12)7-5-6-13(3,10-14)15-4/h15H,5-9,11H2,1-4H3. The van der Waals surface area contributed by atoms with Gasteiger partial charge in [0.2, 0.25) is 0 Å². The van der Waals surface area contributed by atoms with E-state index < -0.39 is 0 Å². The van der Waals surface area contributed by atoms with Crippen molar-refractivity contribution in [2.75, 3.05) is 33.3 Å². The maximum absolute atomic E-state index is 9.06. The summed E-state index contributed by atoms with van der Waals surface area (Å²) in [5.74, 6) is 0. The Morgan fingerprint density at radius 2 is 2.24 bits per heavy atom. The predicted molar refractivity (Wildman–Crippen MR) is 68.8 cm³/mol. The van der Waals surface area contributed by atoms with Gasteiger partial charge in [-0.2, -0.15) is 5.26 Å². The van der Waals surface area contributed by atoms with E-state index in [2.05, 4.69) is 30.1 Å². The zero-order valence-corrected chi connectivity index (χ0v) is 11.5. The fraction of sp³-hybridized carbons (Fsp3) is 0.923. The second-order valence-corrected chi connectivity index (χ2v) is 5.68. The summed E-state index contributed by atoms with van der Waals surface area (Å²) < 4.78 is 5.68. The monoisotopic (exact) mass is 239 g/mol. The summed E-state index contributed by atoms with van der Waals surface area (Å²) in [6, 6.07) is 2.33. The zero-order chi connectivity index (χ0) is 12.9. The first-order chi connectivity index (χ1) is 7.91. The lowest BCUT2D eigenvalue weighted by molar-refractivity contribution is -0.0862. The summed E-state index contributed by atoms with van der Waals surface area (Å²) in [4.78, 5) is 2.43. The molecule has 0 aromatic heterocycles. The smallest absolute Gasteiger partial charge is 0.103 e. The number of nitrogens with zero attached hydrogens (tertiary/aromatic N) is 2. The molecule has 4 heteroatoms. The molecule has 1 unspecified atom stereocenters. The SMILES string of the molecule is CNC(C)(C#N)CCCN1CCOC(C)(C)C1. The summed E-state index contributed by atoms with van der Waals surface area (Å²) in [6.07, 6.45) is 1.93. The van der Waals surface area contributed by atoms with Crippen molar-refractivity contribution in [3.05, 3.63) is 0 Å². The summed E-state index contributed by atoms with van der Waals surface area (Å²) in [6.45, 7) is 10.1. The molecule has 0 radical (unpaired) electrons. The maximum Gasteiger partial charge on any atom is 0.103 e. The van der Waals surface area contributed by atoms with Gasteiger partial charge in [-0.3, -0.25) is 4.90 Å². The Labute approximate surface area is 105 Å². The van der Waals surface area contributed by atoms with Gasteiger partial charge in [0.1, 0.15) is 5.54 Å². The third-order valence-electron chi connectivity index (χ3n) is 3.45. The molecule has 1 atom stereocenters. The van der Waals surface area contributed by atoms with Crippen LogP contribution < -0.4 is 5.32 Å². The highest BCUT2D eigenvalue weighted by Crippen LogP contribution is 2.18. The molecule has 0 aromatic rings. The minimum absolute atomic E-state index is 0.0280. The van der Waals surface area contributed by atoms with Crippen molar-refractivity contribution in [2.24, 2.45) is 0 Å². The number of nitriles is 1. The Balaban J connectivity index is 2.30. The third-order valence-corrected chi connectivity index (χ3v) is 3.45. The Kier molecular flexibility index (Phi) is 4.93. The predicted octanol–water partition coefficient (Wildman–Crippen LogP) is 1.38. The number of hydrogen-bond acceptors (Lipinski definition) is 4. The van der Waals surface area contributed by atoms with Crippen LogP contribution in [0.2, 0.25) is 0 Å². The Bertz CT molecular complexity index is 285. The molecule has 0 bridgehead atoms. The van der Waals surface area contributed by atoms with Gasteiger partial charge in [0.25, 0.3) is 0 Å². The second kappa shape index (κ2) is 5.81. The molecule has 1 N–H and O–H groups in total. The molecule has 0 saturated carbocycles. The van der Waals surface area contributed by atoms with Gasteiger partial charge in [-0.1, -0.05) is 0 Å². The molecule has 1 aliphatic rings. The molecule has 4 nitrogen and oxygen atoms in total. The van der Waals surface area contributed by atoms with Gasteiger partial charge in [0.05, 0.1) is 18.3 Å². The number of nitrogens with one attached hydrogen (secondary N) is 1. The maximum atomic E-state index is 9.06. The van der Waals surface area contributed by atoms with Crippen LogP contribution in [-0.2, 0) is 4.74 Å². The largest absolute Gasteiger partial charge is 0.373 e. The number of hydrogen-bond donors (Lipinski definition) is 1. The lowest BCUT2D eigenvalue weighted by atomic mass is 9.97. The summed E-state index contributed by atoms with van der Waals surface area (Å²) >= 11 is 0. The fourth-order valence-corrected chi connectivity index (χ4v) is 2.20. The van der Waals surface area contributed by atoms with Crippen LogP contribution in [-0.4, -0.2) is 49.3 Å². The number of rotatable bonds is 5. The van der Waals surface area contributed by atoms with Crippen LogP contribution in [0.3, 0.4) is 0 Å². The van der Waals surface area contributed by atoms with E-state index in [1.165, 1.54) is 0 Å². The number of morpholine rings is 1. The molecule has 17 heavy (non-hydrogen) atoms. The van der Waals surface area contributed by atoms with E-state index in [-0.39, 0.29) is 11.1 Å². The van der Waals surface area contributed by atoms with Crippen LogP contribution in [0.5, 0.6) is 0 Å². The van der Waals surface area contributed by atoms with Gasteiger partial charge in [0, 0.05) is 13.1 Å². The van der Waals surface area contributed by atoms with E-state index in [0.29, 0.717) is 0 Å². The van der Waals surface area contributed by atoms with E-state index in [0.717, 1.165) is 39.1 Å². The molecule has 1 saturated heterocycles. The zero-order valence-electron chi connectivity index (χ0n) is 11.5. The van der Waals surface area contributed by atoms with Gasteiger partial charge in [-0.05, 0) is 47.2 Å². The van der Waals surface area contributed by atoms with Crippen molar-refractivity contribution in [3.8, 4) is 6.07 Å². The van der Waals surface area contributed by atoms with Crippen molar-refractivity contribution < 1.29 is 4.74 Å². The van der Waals surface area contributed by atoms with Crippen molar-refractivity contribution in [2.45, 2.75) is 44.8 Å². The summed E-state index contributed by atoms with van der Waals surface area (Å²) in [5, 5.41) is 12.1. The lowest BCUT2D eigenvalue weighted by Crippen LogP contribution is -2.48. The molecule has 1 aliphatic heterocycles. The van der Waals surface area contributed by atoms with Gasteiger partial charge >= 0.3 is 0 Å². The second-order valence-electron chi connectivity index (χ2n) is 5.68. The van der Waals surface area contributed by atoms with Crippen molar-refractivity contribution >= 4 is 0 Å². The van der Waals surface area contributed by atoms with Crippen LogP contribution in [0.25, 0.3) is 0 Å². The lowest BCUT2D eigenvalue weighted by Gasteiger charge is -2.38. The van der Waals surface area contributed by atoms with Gasteiger partial charge in [-0.25, -0.2) is 0 Å². The average Bonchev–Trinajstić information content (AvgIpc) is 2.27. The molecule has 0 aliphatic carbocycles. The highest BCUT2D eigenvalue weighted by Gasteiger charge is 2.27. The average molecular weight is 239 g/mol. The van der Waals surface area contributed by atoms with Gasteiger partial charge in [0.15, 0.2) is 0 Å². The first-order valence-electron chi connectivity index (χ1n) is 6.37. The molecule has 1 fully saturated rings. The molecule has 0 amide bonds. The molecular formula is C13H25N3O. The van der Waals surface area contributed by atoms with Crippen molar-refractivity contribution in [1.82, 2.24) is 10.2 Å². The van der Waals surface area contributed by atoms with Gasteiger partial charge in [-0.15, -0.1) is 0 Å². The van der Waals surface area contributed by atoms with E-state index in [4.69, 9.17) is 10.00 Å². The van der Waals surface area contributed by atoms with E-state index >= 15 is 0 Å². The van der Waals surface area contributed by atoms with Crippen LogP contribution in [0.1, 0.15) is 33.6 Å². The van der Waals surface area contributed by atoms with Crippen LogP contribution in [0.15, 0.2) is 0 Å². The van der Waals surface area contributed by atoms with E-state index in [1.54, 1.807) is 0 Å². The highest BCUT2D eigenvalue weighted by molar-refractivity contribution is 5.02. The Morgan fingerprint density at radius 1 is 1.53 bits per heavy atom. The molecule has 1 heterocycles. The molecule has 0 aromatic carbocycles. The minimum Gasteiger partial charge on any atom is -0.373 e. The van der Waals surface area contributed by atoms with Gasteiger partial charge < -0.3 is 10.1 Å². The summed E-state index contributed by atoms with van der Waals surface area (Å²) in [7, 11) is 1.85. The van der Waals surface area contributed by atoms with Crippen molar-refractivity contribution in [3.63, 3.8) is 0 Å². The van der Waals surface area contributed by atoms with Crippen LogP contribution >= 0.6 is 0 Å². The Hall–Kier alpha value is -0.630. The van der Waals surface area contributed by atoms with Crippen LogP contribution in [0, 0.1) is 11.3 Å². The number of ether oxygens (including phenoxy) is 1. The Morgan fingerprint density at radius 3 is 2.76 bits per heavy atom. The fourth-order valence-electron chi connectivity index (χ4n) is 2.20. The normalized spacial score (nSPS) is 23.9. The van der Waals surface area contributed by atoms with Crippen LogP contribution in [0.4, 0.5) is 0 Å². The van der Waals surface area contributed by atoms with E-state index in [9.17, 15) is 0 Å². The minimum atomic E-state index is -0.387. The topological polar surface area (TPSA) is 48.3 Å². The summed E-state index contributed by atoms with van der Waals surface area (Å²) in [5.41, 5.74) is -0.415. The molecular weight excluding hydrogens is 214 g/mol. The highest BCUT2D eigenvalue weighted by atomic mass is 16.5. The van der Waals surface area contributed by atoms with E-state index in [1.807, 2.05) is 14.0 Å².